The summed E-state index contributed by atoms with van der Waals surface area (Å²) in [5.41, 5.74) is 3.74. The van der Waals surface area contributed by atoms with Crippen LogP contribution >= 0.6 is 11.8 Å². The Hall–Kier alpha value is -2.91. The second-order valence-corrected chi connectivity index (χ2v) is 9.51. The molecule has 2 aromatic carbocycles. The molecule has 1 saturated heterocycles. The van der Waals surface area contributed by atoms with Crippen molar-refractivity contribution in [2.24, 2.45) is 0 Å². The summed E-state index contributed by atoms with van der Waals surface area (Å²) in [4.78, 5) is 17.4. The van der Waals surface area contributed by atoms with Crippen molar-refractivity contribution in [3.8, 4) is 0 Å². The first-order chi connectivity index (χ1) is 16.3. The highest BCUT2D eigenvalue weighted by molar-refractivity contribution is 7.99. The van der Waals surface area contributed by atoms with E-state index in [1.54, 1.807) is 0 Å². The molecule has 0 radical (unpaired) electrons. The van der Waals surface area contributed by atoms with E-state index < -0.39 is 0 Å². The molecule has 1 amide bonds. The lowest BCUT2D eigenvalue weighted by Gasteiger charge is -2.36. The number of thioether (sulfide) groups is 1. The van der Waals surface area contributed by atoms with E-state index in [0.717, 1.165) is 50.7 Å². The Bertz CT molecular complexity index is 1060. The minimum absolute atomic E-state index is 0.00312. The highest BCUT2D eigenvalue weighted by Crippen LogP contribution is 2.36. The molecular formula is C24H29N7OS. The van der Waals surface area contributed by atoms with E-state index >= 15 is 0 Å². The van der Waals surface area contributed by atoms with Gasteiger partial charge in [0.05, 0.1) is 11.8 Å². The summed E-state index contributed by atoms with van der Waals surface area (Å²) >= 11 is 1.40. The first-order valence-electron chi connectivity index (χ1n) is 11.5. The van der Waals surface area contributed by atoms with E-state index in [1.807, 2.05) is 10.7 Å². The average molecular weight is 464 g/mol. The third kappa shape index (κ3) is 5.72. The summed E-state index contributed by atoms with van der Waals surface area (Å²) in [7, 11) is 0. The zero-order chi connectivity index (χ0) is 22.5. The lowest BCUT2D eigenvalue weighted by molar-refractivity contribution is -0.118. The van der Waals surface area contributed by atoms with E-state index in [-0.39, 0.29) is 5.91 Å². The highest BCUT2D eigenvalue weighted by atomic mass is 32.2. The smallest absolute Gasteiger partial charge is 0.230 e. The van der Waals surface area contributed by atoms with E-state index in [9.17, 15) is 4.79 Å². The van der Waals surface area contributed by atoms with Crippen LogP contribution in [0.2, 0.25) is 0 Å². The van der Waals surface area contributed by atoms with Gasteiger partial charge in [-0.15, -0.1) is 5.10 Å². The van der Waals surface area contributed by atoms with Gasteiger partial charge in [-0.25, -0.2) is 4.68 Å². The van der Waals surface area contributed by atoms with Crippen molar-refractivity contribution in [3.63, 3.8) is 0 Å². The van der Waals surface area contributed by atoms with Crippen LogP contribution in [-0.2, 0) is 17.9 Å². The molecule has 8 nitrogen and oxygen atoms in total. The summed E-state index contributed by atoms with van der Waals surface area (Å²) < 4.78 is 1.84. The summed E-state index contributed by atoms with van der Waals surface area (Å²) in [6.45, 7) is 5.55. The molecule has 0 bridgehead atoms. The van der Waals surface area contributed by atoms with Gasteiger partial charge in [-0.1, -0.05) is 54.2 Å². The quantitative estimate of drug-likeness (QED) is 0.489. The van der Waals surface area contributed by atoms with Crippen LogP contribution in [0.4, 0.5) is 5.69 Å². The van der Waals surface area contributed by atoms with Crippen molar-refractivity contribution in [2.75, 3.05) is 36.8 Å². The van der Waals surface area contributed by atoms with Crippen LogP contribution in [-0.4, -0.2) is 62.9 Å². The molecule has 2 aliphatic rings. The molecule has 0 atom stereocenters. The number of hydrogen-bond donors (Lipinski definition) is 1. The largest absolute Gasteiger partial charge is 0.369 e. The highest BCUT2D eigenvalue weighted by Gasteiger charge is 2.28. The van der Waals surface area contributed by atoms with E-state index in [0.29, 0.717) is 18.3 Å². The minimum Gasteiger partial charge on any atom is -0.369 e. The fraction of sp³-hybridized carbons (Fsp3) is 0.417. The number of carbonyl (C=O) groups is 1. The number of benzene rings is 2. The normalized spacial score (nSPS) is 16.7. The number of tetrazole rings is 1. The van der Waals surface area contributed by atoms with Gasteiger partial charge in [0.25, 0.3) is 0 Å². The zero-order valence-electron chi connectivity index (χ0n) is 18.6. The van der Waals surface area contributed by atoms with Crippen LogP contribution in [0.1, 0.15) is 30.0 Å². The standard InChI is InChI=1S/C24H29N7OS/c32-23(18-33-24-26-27-28-31(24)22-10-11-22)25-16-19-6-4-5-7-20(19)17-29-12-14-30(15-13-29)21-8-2-1-3-9-21/h1-9,22H,10-18H2,(H,25,32). The average Bonchev–Trinajstić information content (AvgIpc) is 3.60. The van der Waals surface area contributed by atoms with Crippen molar-refractivity contribution in [1.29, 1.82) is 0 Å². The first-order valence-corrected chi connectivity index (χ1v) is 12.5. The Morgan fingerprint density at radius 3 is 2.45 bits per heavy atom. The SMILES string of the molecule is O=C(CSc1nnnn1C1CC1)NCc1ccccc1CN1CCN(c2ccccc2)CC1. The molecule has 1 aliphatic carbocycles. The molecular weight excluding hydrogens is 434 g/mol. The summed E-state index contributed by atoms with van der Waals surface area (Å²) in [6.07, 6.45) is 2.23. The second-order valence-electron chi connectivity index (χ2n) is 8.57. The second kappa shape index (κ2) is 10.4. The molecule has 2 fully saturated rings. The Kier molecular flexibility index (Phi) is 6.87. The Morgan fingerprint density at radius 2 is 1.70 bits per heavy atom. The summed E-state index contributed by atoms with van der Waals surface area (Å²) in [5.74, 6) is 0.313. The summed E-state index contributed by atoms with van der Waals surface area (Å²) in [6, 6.07) is 19.4. The maximum Gasteiger partial charge on any atom is 0.230 e. The van der Waals surface area contributed by atoms with Gasteiger partial charge in [0.1, 0.15) is 0 Å². The minimum atomic E-state index is -0.00312. The van der Waals surface area contributed by atoms with Crippen LogP contribution in [0.15, 0.2) is 59.8 Å². The molecule has 1 aromatic heterocycles. The maximum absolute atomic E-state index is 12.5. The zero-order valence-corrected chi connectivity index (χ0v) is 19.5. The lowest BCUT2D eigenvalue weighted by atomic mass is 10.1. The molecule has 1 aliphatic heterocycles. The van der Waals surface area contributed by atoms with Crippen molar-refractivity contribution in [3.05, 3.63) is 65.7 Å². The first kappa shape index (κ1) is 21.9. The van der Waals surface area contributed by atoms with Crippen molar-refractivity contribution < 1.29 is 4.79 Å². The number of nitrogens with one attached hydrogen (secondary N) is 1. The maximum atomic E-state index is 12.5. The third-order valence-corrected chi connectivity index (χ3v) is 7.10. The van der Waals surface area contributed by atoms with Gasteiger partial charge in [-0.05, 0) is 46.5 Å². The number of rotatable bonds is 9. The van der Waals surface area contributed by atoms with Crippen molar-refractivity contribution in [2.45, 2.75) is 37.1 Å². The predicted octanol–water partition coefficient (Wildman–Crippen LogP) is 2.74. The predicted molar refractivity (Wildman–Crippen MR) is 129 cm³/mol. The van der Waals surface area contributed by atoms with E-state index in [2.05, 4.69) is 79.2 Å². The number of hydrogen-bond acceptors (Lipinski definition) is 7. The number of para-hydroxylation sites is 1. The number of amides is 1. The molecule has 2 heterocycles. The monoisotopic (exact) mass is 463 g/mol. The fourth-order valence-electron chi connectivity index (χ4n) is 4.13. The molecule has 0 spiro atoms. The van der Waals surface area contributed by atoms with Crippen molar-refractivity contribution >= 4 is 23.4 Å². The fourth-order valence-corrected chi connectivity index (χ4v) is 4.91. The van der Waals surface area contributed by atoms with Gasteiger partial charge >= 0.3 is 0 Å². The lowest BCUT2D eigenvalue weighted by Crippen LogP contribution is -2.46. The van der Waals surface area contributed by atoms with Crippen LogP contribution in [0.25, 0.3) is 0 Å². The molecule has 172 valence electrons. The van der Waals surface area contributed by atoms with Crippen LogP contribution in [0.5, 0.6) is 0 Å². The van der Waals surface area contributed by atoms with Gasteiger partial charge in [0, 0.05) is 45.0 Å². The number of anilines is 1. The Morgan fingerprint density at radius 1 is 0.970 bits per heavy atom. The third-order valence-electron chi connectivity index (χ3n) is 6.17. The van der Waals surface area contributed by atoms with Crippen LogP contribution in [0.3, 0.4) is 0 Å². The van der Waals surface area contributed by atoms with Gasteiger partial charge in [0.15, 0.2) is 0 Å². The molecule has 9 heteroatoms. The van der Waals surface area contributed by atoms with E-state index in [4.69, 9.17) is 0 Å². The van der Waals surface area contributed by atoms with Gasteiger partial charge in [-0.3, -0.25) is 9.69 Å². The summed E-state index contributed by atoms with van der Waals surface area (Å²) in [5, 5.41) is 15.6. The molecule has 1 N–H and O–H groups in total. The Balaban J connectivity index is 1.10. The van der Waals surface area contributed by atoms with Crippen LogP contribution < -0.4 is 10.2 Å². The van der Waals surface area contributed by atoms with Crippen LogP contribution in [0, 0.1) is 0 Å². The molecule has 1 saturated carbocycles. The molecule has 33 heavy (non-hydrogen) atoms. The van der Waals surface area contributed by atoms with Crippen molar-refractivity contribution in [1.82, 2.24) is 30.4 Å². The van der Waals surface area contributed by atoms with E-state index in [1.165, 1.54) is 28.6 Å². The number of carbonyl (C=O) groups excluding carboxylic acids is 1. The number of nitrogens with zero attached hydrogens (tertiary/aromatic N) is 6. The molecule has 0 unspecified atom stereocenters. The molecule has 3 aromatic rings. The van der Waals surface area contributed by atoms with Gasteiger partial charge < -0.3 is 10.2 Å². The Labute approximate surface area is 198 Å². The topological polar surface area (TPSA) is 79.2 Å². The number of piperazine rings is 1. The molecule has 5 rings (SSSR count). The van der Waals surface area contributed by atoms with Gasteiger partial charge in [-0.2, -0.15) is 0 Å². The van der Waals surface area contributed by atoms with Gasteiger partial charge in [0.2, 0.25) is 11.1 Å². The number of aromatic nitrogens is 4.